The van der Waals surface area contributed by atoms with Crippen LogP contribution < -0.4 is 5.56 Å². The largest absolute Gasteiger partial charge is 0.325 e. The lowest BCUT2D eigenvalue weighted by Gasteiger charge is -2.11. The number of fused-ring (bicyclic) bond motifs is 1. The van der Waals surface area contributed by atoms with Crippen molar-refractivity contribution in [2.45, 2.75) is 26.2 Å². The predicted octanol–water partition coefficient (Wildman–Crippen LogP) is 2.71. The molecule has 2 aromatic rings. The van der Waals surface area contributed by atoms with Crippen LogP contribution in [0.3, 0.4) is 0 Å². The third kappa shape index (κ3) is 1.86. The number of nitriles is 1. The summed E-state index contributed by atoms with van der Waals surface area (Å²) >= 11 is 0. The molecule has 0 atom stereocenters. The van der Waals surface area contributed by atoms with Crippen molar-refractivity contribution in [3.8, 4) is 17.2 Å². The quantitative estimate of drug-likeness (QED) is 0.846. The second kappa shape index (κ2) is 4.40. The second-order valence-electron chi connectivity index (χ2n) is 5.00. The Bertz CT molecular complexity index is 750. The summed E-state index contributed by atoms with van der Waals surface area (Å²) in [7, 11) is 0. The Balaban J connectivity index is 2.37. The smallest absolute Gasteiger partial charge is 0.266 e. The molecule has 0 fully saturated rings. The molecule has 0 spiro atoms. The molecule has 94 valence electrons. The first-order valence-corrected chi connectivity index (χ1v) is 6.46. The van der Waals surface area contributed by atoms with Crippen molar-refractivity contribution in [1.82, 2.24) is 4.98 Å². The number of pyridine rings is 1. The average Bonchev–Trinajstić information content (AvgIpc) is 2.84. The van der Waals surface area contributed by atoms with Crippen LogP contribution in [0.5, 0.6) is 0 Å². The topological polar surface area (TPSA) is 56.6 Å². The van der Waals surface area contributed by atoms with Crippen LogP contribution in [0.4, 0.5) is 0 Å². The first kappa shape index (κ1) is 11.7. The number of nitrogens with one attached hydrogen (secondary N) is 1. The Morgan fingerprint density at radius 3 is 2.89 bits per heavy atom. The maximum Gasteiger partial charge on any atom is 0.266 e. The van der Waals surface area contributed by atoms with Crippen molar-refractivity contribution < 1.29 is 0 Å². The van der Waals surface area contributed by atoms with Crippen molar-refractivity contribution in [2.24, 2.45) is 0 Å². The molecule has 1 aromatic carbocycles. The Kier molecular flexibility index (Phi) is 2.72. The summed E-state index contributed by atoms with van der Waals surface area (Å²) in [6, 6.07) is 10.1. The average molecular weight is 250 g/mol. The molecular formula is C16H14N2O. The molecule has 1 aromatic heterocycles. The monoisotopic (exact) mass is 250 g/mol. The summed E-state index contributed by atoms with van der Waals surface area (Å²) in [5.41, 5.74) is 5.06. The van der Waals surface area contributed by atoms with E-state index in [4.69, 9.17) is 0 Å². The third-order valence-electron chi connectivity index (χ3n) is 3.68. The zero-order chi connectivity index (χ0) is 13.4. The highest BCUT2D eigenvalue weighted by molar-refractivity contribution is 5.75. The number of hydrogen-bond donors (Lipinski definition) is 1. The zero-order valence-electron chi connectivity index (χ0n) is 10.8. The highest BCUT2D eigenvalue weighted by Crippen LogP contribution is 2.32. The van der Waals surface area contributed by atoms with Gasteiger partial charge in [0, 0.05) is 11.3 Å². The minimum atomic E-state index is -0.264. The van der Waals surface area contributed by atoms with E-state index in [1.807, 2.05) is 31.2 Å². The highest BCUT2D eigenvalue weighted by Gasteiger charge is 2.22. The number of hydrogen-bond acceptors (Lipinski definition) is 2. The van der Waals surface area contributed by atoms with Crippen LogP contribution in [0.1, 0.15) is 28.8 Å². The highest BCUT2D eigenvalue weighted by atomic mass is 16.1. The van der Waals surface area contributed by atoms with Gasteiger partial charge >= 0.3 is 0 Å². The summed E-state index contributed by atoms with van der Waals surface area (Å²) in [5, 5.41) is 9.29. The van der Waals surface area contributed by atoms with Gasteiger partial charge in [0.1, 0.15) is 11.6 Å². The summed E-state index contributed by atoms with van der Waals surface area (Å²) in [4.78, 5) is 14.9. The molecule has 3 nitrogen and oxygen atoms in total. The standard InChI is InChI=1S/C16H14N2O/c1-10-4-2-5-11(8-10)15-12-6-3-7-14(12)18-16(19)13(15)9-17/h2,4-5,8H,3,6-7H2,1H3,(H,18,19). The normalized spacial score (nSPS) is 13.1. The molecule has 1 N–H and O–H groups in total. The number of benzene rings is 1. The fourth-order valence-electron chi connectivity index (χ4n) is 2.85. The van der Waals surface area contributed by atoms with Gasteiger partial charge in [0.15, 0.2) is 0 Å². The van der Waals surface area contributed by atoms with Crippen LogP contribution in [0.2, 0.25) is 0 Å². The van der Waals surface area contributed by atoms with E-state index in [1.165, 1.54) is 0 Å². The molecule has 1 heterocycles. The van der Waals surface area contributed by atoms with Gasteiger partial charge in [0.2, 0.25) is 0 Å². The molecule has 0 saturated carbocycles. The maximum atomic E-state index is 12.0. The Labute approximate surface area is 111 Å². The van der Waals surface area contributed by atoms with E-state index in [-0.39, 0.29) is 11.1 Å². The van der Waals surface area contributed by atoms with Crippen LogP contribution >= 0.6 is 0 Å². The number of aryl methyl sites for hydroxylation is 2. The fraction of sp³-hybridized carbons (Fsp3) is 0.250. The number of nitrogens with zero attached hydrogens (tertiary/aromatic N) is 1. The molecule has 0 bridgehead atoms. The molecule has 3 rings (SSSR count). The molecule has 1 aliphatic carbocycles. The van der Waals surface area contributed by atoms with Gasteiger partial charge in [0.05, 0.1) is 0 Å². The van der Waals surface area contributed by atoms with Crippen molar-refractivity contribution in [1.29, 1.82) is 5.26 Å². The number of aromatic nitrogens is 1. The molecular weight excluding hydrogens is 236 g/mol. The lowest BCUT2D eigenvalue weighted by molar-refractivity contribution is 0.897. The Morgan fingerprint density at radius 1 is 1.32 bits per heavy atom. The Hall–Kier alpha value is -2.34. The van der Waals surface area contributed by atoms with Gasteiger partial charge in [-0.25, -0.2) is 0 Å². The SMILES string of the molecule is Cc1cccc(-c2c3c([nH]c(=O)c2C#N)CCC3)c1. The van der Waals surface area contributed by atoms with E-state index in [1.54, 1.807) is 0 Å². The van der Waals surface area contributed by atoms with Crippen molar-refractivity contribution in [3.63, 3.8) is 0 Å². The van der Waals surface area contributed by atoms with Crippen LogP contribution in [0.15, 0.2) is 29.1 Å². The van der Waals surface area contributed by atoms with Gasteiger partial charge in [-0.15, -0.1) is 0 Å². The number of H-pyrrole nitrogens is 1. The number of aromatic amines is 1. The zero-order valence-corrected chi connectivity index (χ0v) is 10.8. The van der Waals surface area contributed by atoms with Crippen LogP contribution in [0.25, 0.3) is 11.1 Å². The first-order valence-electron chi connectivity index (χ1n) is 6.46. The van der Waals surface area contributed by atoms with Crippen LogP contribution in [-0.4, -0.2) is 4.98 Å². The Morgan fingerprint density at radius 2 is 2.16 bits per heavy atom. The fourth-order valence-corrected chi connectivity index (χ4v) is 2.85. The van der Waals surface area contributed by atoms with Gasteiger partial charge in [-0.05, 0) is 37.3 Å². The van der Waals surface area contributed by atoms with Crippen LogP contribution in [-0.2, 0) is 12.8 Å². The summed E-state index contributed by atoms with van der Waals surface area (Å²) in [6.45, 7) is 2.02. The summed E-state index contributed by atoms with van der Waals surface area (Å²) in [6.07, 6.45) is 2.87. The van der Waals surface area contributed by atoms with E-state index in [2.05, 4.69) is 11.1 Å². The van der Waals surface area contributed by atoms with Crippen molar-refractivity contribution >= 4 is 0 Å². The lowest BCUT2D eigenvalue weighted by atomic mass is 9.94. The summed E-state index contributed by atoms with van der Waals surface area (Å²) < 4.78 is 0. The second-order valence-corrected chi connectivity index (χ2v) is 5.00. The van der Waals surface area contributed by atoms with E-state index in [9.17, 15) is 10.1 Å². The molecule has 0 amide bonds. The van der Waals surface area contributed by atoms with Crippen LogP contribution in [0, 0.1) is 18.3 Å². The van der Waals surface area contributed by atoms with E-state index in [0.29, 0.717) is 0 Å². The van der Waals surface area contributed by atoms with Gasteiger partial charge in [-0.3, -0.25) is 4.79 Å². The molecule has 0 radical (unpaired) electrons. The van der Waals surface area contributed by atoms with Gasteiger partial charge < -0.3 is 4.98 Å². The van der Waals surface area contributed by atoms with Gasteiger partial charge in [0.25, 0.3) is 5.56 Å². The van der Waals surface area contributed by atoms with Gasteiger partial charge in [-0.1, -0.05) is 29.8 Å². The molecule has 1 aliphatic rings. The third-order valence-corrected chi connectivity index (χ3v) is 3.68. The molecule has 0 aliphatic heterocycles. The van der Waals surface area contributed by atoms with Gasteiger partial charge in [-0.2, -0.15) is 5.26 Å². The van der Waals surface area contributed by atoms with E-state index < -0.39 is 0 Å². The molecule has 3 heteroatoms. The minimum Gasteiger partial charge on any atom is -0.325 e. The van der Waals surface area contributed by atoms with Crippen molar-refractivity contribution in [2.75, 3.05) is 0 Å². The number of rotatable bonds is 1. The van der Waals surface area contributed by atoms with E-state index in [0.717, 1.165) is 47.2 Å². The first-order chi connectivity index (χ1) is 9.20. The summed E-state index contributed by atoms with van der Waals surface area (Å²) in [5.74, 6) is 0. The molecule has 0 saturated heterocycles. The van der Waals surface area contributed by atoms with E-state index >= 15 is 0 Å². The maximum absolute atomic E-state index is 12.0. The molecule has 19 heavy (non-hydrogen) atoms. The lowest BCUT2D eigenvalue weighted by Crippen LogP contribution is -2.15. The molecule has 0 unspecified atom stereocenters. The minimum absolute atomic E-state index is 0.242. The predicted molar refractivity (Wildman–Crippen MR) is 74.0 cm³/mol. The van der Waals surface area contributed by atoms with Crippen molar-refractivity contribution in [3.05, 3.63) is 57.0 Å².